The number of amides is 2. The fourth-order valence-electron chi connectivity index (χ4n) is 4.03. The number of hydrogen-bond donors (Lipinski definition) is 2. The number of nitrogen functional groups attached to an aromatic ring is 1. The Morgan fingerprint density at radius 3 is 2.66 bits per heavy atom. The predicted molar refractivity (Wildman–Crippen MR) is 126 cm³/mol. The van der Waals surface area contributed by atoms with Gasteiger partial charge in [0.05, 0.1) is 31.0 Å². The molecule has 1 unspecified atom stereocenters. The van der Waals surface area contributed by atoms with Crippen LogP contribution in [0.5, 0.6) is 5.88 Å². The number of nitrogens with zero attached hydrogens (tertiary/aromatic N) is 5. The Kier molecular flexibility index (Phi) is 7.29. The number of carbonyl (C=O) groups excluding carboxylic acids is 2. The minimum atomic E-state index is -4.76. The van der Waals surface area contributed by atoms with Crippen molar-refractivity contribution >= 4 is 23.3 Å². The lowest BCUT2D eigenvalue weighted by atomic mass is 10.1. The van der Waals surface area contributed by atoms with E-state index in [4.69, 9.17) is 15.2 Å². The minimum absolute atomic E-state index is 0.0613. The monoisotopic (exact) mass is 539 g/mol. The molecule has 0 spiro atoms. The highest BCUT2D eigenvalue weighted by Crippen LogP contribution is 2.39. The zero-order valence-corrected chi connectivity index (χ0v) is 20.6. The van der Waals surface area contributed by atoms with Gasteiger partial charge in [-0.15, -0.1) is 0 Å². The van der Waals surface area contributed by atoms with Gasteiger partial charge in [-0.1, -0.05) is 6.92 Å². The largest absolute Gasteiger partial charge is 0.480 e. The molecule has 38 heavy (non-hydrogen) atoms. The van der Waals surface area contributed by atoms with Crippen LogP contribution in [-0.2, 0) is 10.9 Å². The van der Waals surface area contributed by atoms with E-state index in [2.05, 4.69) is 20.4 Å². The number of alkyl halides is 4. The molecule has 0 bridgehead atoms. The van der Waals surface area contributed by atoms with Crippen LogP contribution in [0.15, 0.2) is 24.7 Å². The Labute approximate surface area is 213 Å². The van der Waals surface area contributed by atoms with Crippen LogP contribution in [0.3, 0.4) is 0 Å². The number of methoxy groups -OCH3 is 1. The molecule has 3 aromatic heterocycles. The second-order valence-electron chi connectivity index (χ2n) is 8.73. The van der Waals surface area contributed by atoms with Crippen LogP contribution in [0.4, 0.5) is 28.2 Å². The van der Waals surface area contributed by atoms with E-state index in [1.165, 1.54) is 19.4 Å². The van der Waals surface area contributed by atoms with Crippen molar-refractivity contribution < 1.29 is 36.6 Å². The van der Waals surface area contributed by atoms with E-state index >= 15 is 0 Å². The van der Waals surface area contributed by atoms with E-state index in [0.717, 1.165) is 21.8 Å². The number of nitrogens with one attached hydrogen (secondary N) is 1. The van der Waals surface area contributed by atoms with E-state index in [-0.39, 0.29) is 47.7 Å². The van der Waals surface area contributed by atoms with Crippen molar-refractivity contribution in [3.05, 3.63) is 35.8 Å². The van der Waals surface area contributed by atoms with Crippen molar-refractivity contribution in [3.63, 3.8) is 0 Å². The maximum Gasteiger partial charge on any atom is 0.418 e. The van der Waals surface area contributed by atoms with Gasteiger partial charge < -0.3 is 25.4 Å². The van der Waals surface area contributed by atoms with E-state index in [1.807, 2.05) is 6.92 Å². The average Bonchev–Trinajstić information content (AvgIpc) is 3.45. The number of fused-ring (bicyclic) bond motifs is 1. The Bertz CT molecular complexity index is 1360. The summed E-state index contributed by atoms with van der Waals surface area (Å²) < 4.78 is 67.1. The predicted octanol–water partition coefficient (Wildman–Crippen LogP) is 3.09. The maximum absolute atomic E-state index is 14.7. The smallest absolute Gasteiger partial charge is 0.418 e. The molecule has 3 N–H and O–H groups in total. The molecule has 1 aliphatic rings. The Morgan fingerprint density at radius 2 is 2.00 bits per heavy atom. The molecular weight excluding hydrogens is 514 g/mol. The molecule has 1 aliphatic heterocycles. The molecule has 0 aromatic carbocycles. The van der Waals surface area contributed by atoms with Crippen molar-refractivity contribution in [1.29, 1.82) is 0 Å². The zero-order valence-electron chi connectivity index (χ0n) is 20.6. The molecule has 204 valence electrons. The van der Waals surface area contributed by atoms with Gasteiger partial charge in [0.25, 0.3) is 5.91 Å². The first-order chi connectivity index (χ1) is 17.9. The fraction of sp³-hybridized carbons (Fsp3) is 0.435. The number of rotatable bonds is 6. The summed E-state index contributed by atoms with van der Waals surface area (Å²) in [6, 6.07) is 1.01. The van der Waals surface area contributed by atoms with Gasteiger partial charge in [0.2, 0.25) is 5.88 Å². The highest BCUT2D eigenvalue weighted by molar-refractivity contribution is 5.98. The molecule has 3 atom stereocenters. The van der Waals surface area contributed by atoms with Gasteiger partial charge >= 0.3 is 12.3 Å². The Balaban J connectivity index is 1.64. The molecule has 0 saturated carbocycles. The number of likely N-dealkylation sites (tertiary alicyclic amines) is 1. The van der Waals surface area contributed by atoms with Gasteiger partial charge in [-0.05, 0) is 25.5 Å². The van der Waals surface area contributed by atoms with Crippen LogP contribution in [0.25, 0.3) is 16.8 Å². The first kappa shape index (κ1) is 26.9. The summed E-state index contributed by atoms with van der Waals surface area (Å²) in [5, 5.41) is 6.39. The maximum atomic E-state index is 14.7. The molecule has 1 fully saturated rings. The SMILES string of the molecule is CCC(C)OC(=O)N1C[C@H](F)[C@H](NC(=O)c2cc(-c3cc(C(F)(F)F)c4c(N)ncnn34)cnc2OC)C1. The molecule has 3 aromatic rings. The summed E-state index contributed by atoms with van der Waals surface area (Å²) in [6.07, 6.45) is -4.59. The van der Waals surface area contributed by atoms with Crippen molar-refractivity contribution in [2.45, 2.75) is 44.8 Å². The number of pyridine rings is 1. The van der Waals surface area contributed by atoms with Crippen LogP contribution in [-0.4, -0.2) is 75.0 Å². The number of hydrogen-bond acceptors (Lipinski definition) is 8. The summed E-state index contributed by atoms with van der Waals surface area (Å²) >= 11 is 0. The number of anilines is 1. The summed E-state index contributed by atoms with van der Waals surface area (Å²) in [5.74, 6) is -1.32. The molecule has 2 amide bonds. The van der Waals surface area contributed by atoms with Crippen LogP contribution in [0, 0.1) is 0 Å². The van der Waals surface area contributed by atoms with Gasteiger partial charge in [0.1, 0.15) is 29.7 Å². The van der Waals surface area contributed by atoms with E-state index in [0.29, 0.717) is 6.42 Å². The second-order valence-corrected chi connectivity index (χ2v) is 8.73. The molecular formula is C23H25F4N7O4. The summed E-state index contributed by atoms with van der Waals surface area (Å²) in [7, 11) is 1.25. The third-order valence-electron chi connectivity index (χ3n) is 6.17. The second kappa shape index (κ2) is 10.3. The lowest BCUT2D eigenvalue weighted by Crippen LogP contribution is -2.42. The molecule has 0 aliphatic carbocycles. The summed E-state index contributed by atoms with van der Waals surface area (Å²) in [5.41, 5.74) is 4.04. The molecule has 4 rings (SSSR count). The Morgan fingerprint density at radius 1 is 1.26 bits per heavy atom. The lowest BCUT2D eigenvalue weighted by molar-refractivity contribution is -0.136. The standard InChI is InChI=1S/C23H25F4N7O4/c1-4-11(2)38-22(36)33-8-15(24)16(9-33)32-20(35)13-5-12(7-29-21(13)37-3)17-6-14(23(25,26)27)18-19(28)30-10-31-34(17)18/h5-7,10-11,15-16H,4,8-9H2,1-3H3,(H,32,35)(H2,28,30,31)/t11?,15-,16+/m0/s1. The molecule has 1 saturated heterocycles. The molecule has 15 heteroatoms. The van der Waals surface area contributed by atoms with Crippen molar-refractivity contribution in [2.24, 2.45) is 0 Å². The van der Waals surface area contributed by atoms with Gasteiger partial charge in [0.15, 0.2) is 5.82 Å². The summed E-state index contributed by atoms with van der Waals surface area (Å²) in [6.45, 7) is 3.14. The summed E-state index contributed by atoms with van der Waals surface area (Å²) in [4.78, 5) is 34.2. The van der Waals surface area contributed by atoms with Gasteiger partial charge in [-0.2, -0.15) is 18.3 Å². The van der Waals surface area contributed by atoms with Gasteiger partial charge in [-0.25, -0.2) is 23.7 Å². The van der Waals surface area contributed by atoms with Gasteiger partial charge in [0, 0.05) is 18.3 Å². The minimum Gasteiger partial charge on any atom is -0.480 e. The third kappa shape index (κ3) is 5.13. The van der Waals surface area contributed by atoms with E-state index < -0.39 is 41.5 Å². The number of aromatic nitrogens is 4. The van der Waals surface area contributed by atoms with Crippen molar-refractivity contribution in [1.82, 2.24) is 29.8 Å². The van der Waals surface area contributed by atoms with E-state index in [1.54, 1.807) is 6.92 Å². The van der Waals surface area contributed by atoms with Gasteiger partial charge in [-0.3, -0.25) is 4.79 Å². The first-order valence-electron chi connectivity index (χ1n) is 11.6. The highest BCUT2D eigenvalue weighted by atomic mass is 19.4. The number of halogens is 4. The van der Waals surface area contributed by atoms with Crippen molar-refractivity contribution in [2.75, 3.05) is 25.9 Å². The van der Waals surface area contributed by atoms with Crippen LogP contribution >= 0.6 is 0 Å². The van der Waals surface area contributed by atoms with Crippen LogP contribution in [0.2, 0.25) is 0 Å². The quantitative estimate of drug-likeness (QED) is 0.456. The van der Waals surface area contributed by atoms with Crippen molar-refractivity contribution in [3.8, 4) is 17.1 Å². The van der Waals surface area contributed by atoms with E-state index in [9.17, 15) is 27.2 Å². The number of ether oxygens (including phenoxy) is 2. The third-order valence-corrected chi connectivity index (χ3v) is 6.17. The fourth-order valence-corrected chi connectivity index (χ4v) is 4.03. The molecule has 11 nitrogen and oxygen atoms in total. The van der Waals surface area contributed by atoms with Crippen LogP contribution in [0.1, 0.15) is 36.2 Å². The Hall–Kier alpha value is -4.17. The normalized spacial score (nSPS) is 18.4. The van der Waals surface area contributed by atoms with Crippen LogP contribution < -0.4 is 15.8 Å². The first-order valence-corrected chi connectivity index (χ1v) is 11.6. The molecule has 4 heterocycles. The lowest BCUT2D eigenvalue weighted by Gasteiger charge is -2.19. The number of carbonyl (C=O) groups is 2. The topological polar surface area (TPSA) is 137 Å². The highest BCUT2D eigenvalue weighted by Gasteiger charge is 2.39. The zero-order chi connectivity index (χ0) is 27.8. The molecule has 0 radical (unpaired) electrons. The average molecular weight is 539 g/mol. The number of nitrogens with two attached hydrogens (primary N) is 1.